The van der Waals surface area contributed by atoms with E-state index < -0.39 is 0 Å². The fraction of sp³-hybridized carbons (Fsp3) is 0.438. The number of aromatic nitrogens is 1. The number of benzene rings is 1. The first-order valence-electron chi connectivity index (χ1n) is 7.15. The van der Waals surface area contributed by atoms with Gasteiger partial charge in [0, 0.05) is 36.1 Å². The van der Waals surface area contributed by atoms with E-state index in [0.717, 1.165) is 35.2 Å². The summed E-state index contributed by atoms with van der Waals surface area (Å²) >= 11 is 1.70. The van der Waals surface area contributed by atoms with Gasteiger partial charge in [0.15, 0.2) is 11.5 Å². The molecule has 0 radical (unpaired) electrons. The van der Waals surface area contributed by atoms with Gasteiger partial charge in [-0.15, -0.1) is 11.3 Å². The van der Waals surface area contributed by atoms with Crippen LogP contribution in [-0.4, -0.2) is 25.2 Å². The molecular formula is C16H22N2O2S. The number of hydrogen-bond acceptors (Lipinski definition) is 5. The van der Waals surface area contributed by atoms with Gasteiger partial charge >= 0.3 is 0 Å². The predicted octanol–water partition coefficient (Wildman–Crippen LogP) is 3.44. The van der Waals surface area contributed by atoms with Gasteiger partial charge in [-0.1, -0.05) is 19.1 Å². The molecule has 0 saturated carbocycles. The second-order valence-corrected chi connectivity index (χ2v) is 5.71. The number of nitrogens with zero attached hydrogens (tertiary/aromatic N) is 1. The van der Waals surface area contributed by atoms with Crippen LogP contribution < -0.4 is 14.8 Å². The number of hydrogen-bond donors (Lipinski definition) is 1. The number of rotatable bonds is 8. The van der Waals surface area contributed by atoms with Gasteiger partial charge in [-0.3, -0.25) is 0 Å². The number of ether oxygens (including phenoxy) is 2. The Kier molecular flexibility index (Phi) is 6.02. The molecule has 21 heavy (non-hydrogen) atoms. The van der Waals surface area contributed by atoms with E-state index in [1.54, 1.807) is 18.4 Å². The average molecular weight is 306 g/mol. The number of thiazole rings is 1. The molecule has 114 valence electrons. The first-order chi connectivity index (χ1) is 10.3. The Morgan fingerprint density at radius 3 is 2.90 bits per heavy atom. The molecular weight excluding hydrogens is 284 g/mol. The summed E-state index contributed by atoms with van der Waals surface area (Å²) in [6, 6.07) is 5.99. The van der Waals surface area contributed by atoms with Crippen molar-refractivity contribution in [3.63, 3.8) is 0 Å². The van der Waals surface area contributed by atoms with Gasteiger partial charge in [0.2, 0.25) is 0 Å². The standard InChI is InChI=1S/C16H22N2O2S/c1-4-20-14-7-5-6-13(15(14)19-3)11-17-10-12(2)16-18-8-9-21-16/h5-9,12,17H,4,10-11H2,1-3H3. The zero-order valence-corrected chi connectivity index (χ0v) is 13.6. The van der Waals surface area contributed by atoms with E-state index in [1.807, 2.05) is 30.6 Å². The van der Waals surface area contributed by atoms with Crippen molar-refractivity contribution in [2.45, 2.75) is 26.3 Å². The van der Waals surface area contributed by atoms with Crippen LogP contribution in [0.2, 0.25) is 0 Å². The van der Waals surface area contributed by atoms with Crippen LogP contribution in [-0.2, 0) is 6.54 Å². The lowest BCUT2D eigenvalue weighted by molar-refractivity contribution is 0.308. The number of methoxy groups -OCH3 is 1. The third-order valence-electron chi connectivity index (χ3n) is 3.20. The van der Waals surface area contributed by atoms with Crippen molar-refractivity contribution in [2.75, 3.05) is 20.3 Å². The summed E-state index contributed by atoms with van der Waals surface area (Å²) in [7, 11) is 1.68. The van der Waals surface area contributed by atoms with Crippen LogP contribution in [0.15, 0.2) is 29.8 Å². The van der Waals surface area contributed by atoms with E-state index in [0.29, 0.717) is 12.5 Å². The van der Waals surface area contributed by atoms with Crippen LogP contribution in [0, 0.1) is 0 Å². The maximum absolute atomic E-state index is 5.59. The topological polar surface area (TPSA) is 43.4 Å². The zero-order chi connectivity index (χ0) is 15.1. The van der Waals surface area contributed by atoms with Crippen molar-refractivity contribution in [2.24, 2.45) is 0 Å². The molecule has 0 spiro atoms. The van der Waals surface area contributed by atoms with Crippen LogP contribution in [0.25, 0.3) is 0 Å². The number of para-hydroxylation sites is 1. The van der Waals surface area contributed by atoms with Crippen LogP contribution in [0.4, 0.5) is 0 Å². The van der Waals surface area contributed by atoms with Crippen LogP contribution in [0.5, 0.6) is 11.5 Å². The maximum atomic E-state index is 5.59. The molecule has 2 rings (SSSR count). The van der Waals surface area contributed by atoms with Gasteiger partial charge in [-0.2, -0.15) is 0 Å². The molecule has 0 saturated heterocycles. The summed E-state index contributed by atoms with van der Waals surface area (Å²) < 4.78 is 11.1. The van der Waals surface area contributed by atoms with Gasteiger partial charge in [0.25, 0.3) is 0 Å². The Balaban J connectivity index is 1.95. The largest absolute Gasteiger partial charge is 0.493 e. The molecule has 0 bridgehead atoms. The molecule has 4 nitrogen and oxygen atoms in total. The normalized spacial score (nSPS) is 12.1. The smallest absolute Gasteiger partial charge is 0.165 e. The summed E-state index contributed by atoms with van der Waals surface area (Å²) in [5.41, 5.74) is 1.11. The first kappa shape index (κ1) is 15.8. The van der Waals surface area contributed by atoms with E-state index >= 15 is 0 Å². The van der Waals surface area contributed by atoms with Gasteiger partial charge in [0.05, 0.1) is 18.7 Å². The molecule has 0 amide bonds. The van der Waals surface area contributed by atoms with Gasteiger partial charge in [-0.05, 0) is 13.0 Å². The van der Waals surface area contributed by atoms with Gasteiger partial charge in [0.1, 0.15) is 0 Å². The highest BCUT2D eigenvalue weighted by molar-refractivity contribution is 7.09. The molecule has 1 aromatic heterocycles. The third kappa shape index (κ3) is 4.19. The first-order valence-corrected chi connectivity index (χ1v) is 8.03. The zero-order valence-electron chi connectivity index (χ0n) is 12.8. The molecule has 1 unspecified atom stereocenters. The van der Waals surface area contributed by atoms with E-state index in [1.165, 1.54) is 0 Å². The van der Waals surface area contributed by atoms with Crippen molar-refractivity contribution in [3.05, 3.63) is 40.3 Å². The monoisotopic (exact) mass is 306 g/mol. The quantitative estimate of drug-likeness (QED) is 0.811. The van der Waals surface area contributed by atoms with Crippen molar-refractivity contribution >= 4 is 11.3 Å². The van der Waals surface area contributed by atoms with Gasteiger partial charge < -0.3 is 14.8 Å². The highest BCUT2D eigenvalue weighted by Gasteiger charge is 2.11. The SMILES string of the molecule is CCOc1cccc(CNCC(C)c2nccs2)c1OC. The van der Waals surface area contributed by atoms with E-state index in [-0.39, 0.29) is 0 Å². The summed E-state index contributed by atoms with van der Waals surface area (Å²) in [5, 5.41) is 6.64. The lowest BCUT2D eigenvalue weighted by atomic mass is 10.1. The molecule has 1 N–H and O–H groups in total. The summed E-state index contributed by atoms with van der Waals surface area (Å²) in [5.74, 6) is 2.02. The minimum atomic E-state index is 0.408. The molecule has 0 aliphatic rings. The second kappa shape index (κ2) is 8.00. The minimum absolute atomic E-state index is 0.408. The van der Waals surface area contributed by atoms with E-state index in [9.17, 15) is 0 Å². The minimum Gasteiger partial charge on any atom is -0.493 e. The molecule has 0 aliphatic carbocycles. The van der Waals surface area contributed by atoms with Crippen molar-refractivity contribution < 1.29 is 9.47 Å². The highest BCUT2D eigenvalue weighted by atomic mass is 32.1. The Morgan fingerprint density at radius 2 is 2.24 bits per heavy atom. The molecule has 1 heterocycles. The third-order valence-corrected chi connectivity index (χ3v) is 4.21. The van der Waals surface area contributed by atoms with Crippen LogP contribution >= 0.6 is 11.3 Å². The van der Waals surface area contributed by atoms with Gasteiger partial charge in [-0.25, -0.2) is 4.98 Å². The maximum Gasteiger partial charge on any atom is 0.165 e. The molecule has 5 heteroatoms. The van der Waals surface area contributed by atoms with Crippen molar-refractivity contribution in [1.82, 2.24) is 10.3 Å². The summed E-state index contributed by atoms with van der Waals surface area (Å²) in [4.78, 5) is 4.35. The summed E-state index contributed by atoms with van der Waals surface area (Å²) in [6.07, 6.45) is 1.85. The fourth-order valence-corrected chi connectivity index (χ4v) is 2.89. The van der Waals surface area contributed by atoms with Crippen LogP contribution in [0.1, 0.15) is 30.3 Å². The molecule has 0 fully saturated rings. The predicted molar refractivity (Wildman–Crippen MR) is 86.4 cm³/mol. The summed E-state index contributed by atoms with van der Waals surface area (Å²) in [6.45, 7) is 6.42. The van der Waals surface area contributed by atoms with E-state index in [4.69, 9.17) is 9.47 Å². The molecule has 2 aromatic rings. The average Bonchev–Trinajstić information content (AvgIpc) is 3.02. The lowest BCUT2D eigenvalue weighted by Crippen LogP contribution is -2.20. The molecule has 0 aliphatic heterocycles. The van der Waals surface area contributed by atoms with Crippen molar-refractivity contribution in [3.8, 4) is 11.5 Å². The van der Waals surface area contributed by atoms with Crippen molar-refractivity contribution in [1.29, 1.82) is 0 Å². The molecule has 1 aromatic carbocycles. The molecule has 1 atom stereocenters. The Labute approximate surface area is 130 Å². The van der Waals surface area contributed by atoms with Crippen LogP contribution in [0.3, 0.4) is 0 Å². The Hall–Kier alpha value is -1.59. The fourth-order valence-electron chi connectivity index (χ4n) is 2.19. The second-order valence-electron chi connectivity index (χ2n) is 4.78. The lowest BCUT2D eigenvalue weighted by Gasteiger charge is -2.15. The Bertz CT molecular complexity index is 543. The van der Waals surface area contributed by atoms with E-state index in [2.05, 4.69) is 23.3 Å². The Morgan fingerprint density at radius 1 is 1.38 bits per heavy atom. The number of nitrogens with one attached hydrogen (secondary N) is 1. The highest BCUT2D eigenvalue weighted by Crippen LogP contribution is 2.31.